The molecule has 1 fully saturated rings. The van der Waals surface area contributed by atoms with Crippen molar-refractivity contribution in [3.05, 3.63) is 30.3 Å². The highest BCUT2D eigenvalue weighted by Gasteiger charge is 2.46. The molecule has 0 unspecified atom stereocenters. The Hall–Kier alpha value is -1.51. The Balaban J connectivity index is 1.91. The van der Waals surface area contributed by atoms with E-state index in [1.807, 2.05) is 6.07 Å². The van der Waals surface area contributed by atoms with E-state index >= 15 is 0 Å². The summed E-state index contributed by atoms with van der Waals surface area (Å²) in [7, 11) is 0. The number of anilines is 1. The van der Waals surface area contributed by atoms with Crippen molar-refractivity contribution >= 4 is 11.6 Å². The van der Waals surface area contributed by atoms with Crippen LogP contribution in [0.5, 0.6) is 0 Å². The van der Waals surface area contributed by atoms with E-state index in [4.69, 9.17) is 5.73 Å². The van der Waals surface area contributed by atoms with Gasteiger partial charge in [-0.3, -0.25) is 4.99 Å². The van der Waals surface area contributed by atoms with Crippen LogP contribution in [0.15, 0.2) is 35.3 Å². The van der Waals surface area contributed by atoms with Gasteiger partial charge in [0.2, 0.25) is 0 Å². The van der Waals surface area contributed by atoms with Gasteiger partial charge in [0.05, 0.1) is 12.1 Å². The number of nitrogens with zero attached hydrogens (tertiary/aromatic N) is 2. The average Bonchev–Trinajstić information content (AvgIpc) is 2.72. The lowest BCUT2D eigenvalue weighted by atomic mass is 9.69. The molecule has 19 heavy (non-hydrogen) atoms. The van der Waals surface area contributed by atoms with Gasteiger partial charge in [0.1, 0.15) is 0 Å². The summed E-state index contributed by atoms with van der Waals surface area (Å²) in [5.74, 6) is 0.686. The van der Waals surface area contributed by atoms with Gasteiger partial charge in [0, 0.05) is 5.69 Å². The molecule has 0 atom stereocenters. The number of rotatable bonds is 1. The highest BCUT2D eigenvalue weighted by atomic mass is 15.4. The molecule has 1 spiro atoms. The molecule has 102 valence electrons. The normalized spacial score (nSPS) is 24.5. The second-order valence-corrected chi connectivity index (χ2v) is 6.73. The van der Waals surface area contributed by atoms with Crippen LogP contribution in [0, 0.1) is 5.41 Å². The van der Waals surface area contributed by atoms with Crippen molar-refractivity contribution in [1.82, 2.24) is 0 Å². The van der Waals surface area contributed by atoms with E-state index in [0.717, 1.165) is 6.54 Å². The zero-order valence-electron chi connectivity index (χ0n) is 11.9. The Bertz CT molecular complexity index is 480. The van der Waals surface area contributed by atoms with Crippen LogP contribution in [0.4, 0.5) is 5.69 Å². The molecule has 3 heteroatoms. The molecular formula is C16H23N3. The Kier molecular flexibility index (Phi) is 2.80. The van der Waals surface area contributed by atoms with Gasteiger partial charge in [-0.05, 0) is 43.2 Å². The maximum absolute atomic E-state index is 6.16. The van der Waals surface area contributed by atoms with Crippen molar-refractivity contribution in [2.24, 2.45) is 16.1 Å². The average molecular weight is 257 g/mol. The van der Waals surface area contributed by atoms with Gasteiger partial charge >= 0.3 is 0 Å². The highest BCUT2D eigenvalue weighted by Crippen LogP contribution is 2.46. The third kappa shape index (κ3) is 2.11. The number of guanidine groups is 1. The Morgan fingerprint density at radius 2 is 1.68 bits per heavy atom. The summed E-state index contributed by atoms with van der Waals surface area (Å²) in [4.78, 5) is 6.82. The zero-order valence-corrected chi connectivity index (χ0v) is 11.9. The second kappa shape index (κ2) is 4.26. The lowest BCUT2D eigenvalue weighted by molar-refractivity contribution is 0.176. The van der Waals surface area contributed by atoms with Crippen molar-refractivity contribution in [2.75, 3.05) is 11.4 Å². The number of para-hydroxylation sites is 1. The maximum Gasteiger partial charge on any atom is 0.196 e. The third-order valence-corrected chi connectivity index (χ3v) is 4.79. The molecule has 0 bridgehead atoms. The van der Waals surface area contributed by atoms with Gasteiger partial charge in [-0.25, -0.2) is 0 Å². The van der Waals surface area contributed by atoms with Gasteiger partial charge < -0.3 is 10.6 Å². The van der Waals surface area contributed by atoms with Crippen LogP contribution >= 0.6 is 0 Å². The van der Waals surface area contributed by atoms with Crippen LogP contribution in [0.1, 0.15) is 39.5 Å². The molecule has 2 N–H and O–H groups in total. The Labute approximate surface area is 115 Å². The van der Waals surface area contributed by atoms with E-state index in [-0.39, 0.29) is 5.54 Å². The number of nitrogens with two attached hydrogens (primary N) is 1. The van der Waals surface area contributed by atoms with Gasteiger partial charge in [0.25, 0.3) is 0 Å². The molecule has 2 aliphatic rings. The SMILES string of the molecule is CC1(C)CCC2(CC1)CN=C(N)N2c1ccccc1. The molecule has 1 saturated carbocycles. The minimum atomic E-state index is 0.126. The molecule has 1 aliphatic heterocycles. The standard InChI is InChI=1S/C16H23N3/c1-15(2)8-10-16(11-9-15)12-18-14(17)19(16)13-6-4-3-5-7-13/h3-7H,8-12H2,1-2H3,(H2,17,18). The van der Waals surface area contributed by atoms with Gasteiger partial charge in [-0.15, -0.1) is 0 Å². The summed E-state index contributed by atoms with van der Waals surface area (Å²) in [5, 5.41) is 0. The second-order valence-electron chi connectivity index (χ2n) is 6.73. The minimum Gasteiger partial charge on any atom is -0.369 e. The Morgan fingerprint density at radius 3 is 2.32 bits per heavy atom. The topological polar surface area (TPSA) is 41.6 Å². The highest BCUT2D eigenvalue weighted by molar-refractivity contribution is 5.98. The van der Waals surface area contributed by atoms with Crippen molar-refractivity contribution < 1.29 is 0 Å². The molecular weight excluding hydrogens is 234 g/mol. The first kappa shape index (κ1) is 12.5. The first-order chi connectivity index (χ1) is 9.03. The summed E-state index contributed by atoms with van der Waals surface area (Å²) in [6, 6.07) is 10.5. The monoisotopic (exact) mass is 257 g/mol. The van der Waals surface area contributed by atoms with Crippen LogP contribution in [-0.4, -0.2) is 18.0 Å². The fourth-order valence-corrected chi connectivity index (χ4v) is 3.37. The van der Waals surface area contributed by atoms with Crippen molar-refractivity contribution in [3.8, 4) is 0 Å². The number of hydrogen-bond acceptors (Lipinski definition) is 3. The first-order valence-corrected chi connectivity index (χ1v) is 7.18. The van der Waals surface area contributed by atoms with Gasteiger partial charge in [0.15, 0.2) is 5.96 Å². The molecule has 1 aromatic rings. The quantitative estimate of drug-likeness (QED) is 0.839. The van der Waals surface area contributed by atoms with Gasteiger partial charge in [-0.2, -0.15) is 0 Å². The predicted molar refractivity (Wildman–Crippen MR) is 80.4 cm³/mol. The fourth-order valence-electron chi connectivity index (χ4n) is 3.37. The van der Waals surface area contributed by atoms with E-state index in [0.29, 0.717) is 11.4 Å². The van der Waals surface area contributed by atoms with E-state index in [1.165, 1.54) is 31.4 Å². The predicted octanol–water partition coefficient (Wildman–Crippen LogP) is 3.16. The molecule has 3 rings (SSSR count). The summed E-state index contributed by atoms with van der Waals surface area (Å²) in [5.41, 5.74) is 7.93. The molecule has 0 saturated heterocycles. The lowest BCUT2D eigenvalue weighted by Crippen LogP contribution is -2.54. The molecule has 0 radical (unpaired) electrons. The van der Waals surface area contributed by atoms with Crippen LogP contribution < -0.4 is 10.6 Å². The Morgan fingerprint density at radius 1 is 1.05 bits per heavy atom. The smallest absolute Gasteiger partial charge is 0.196 e. The van der Waals surface area contributed by atoms with Crippen molar-refractivity contribution in [3.63, 3.8) is 0 Å². The summed E-state index contributed by atoms with van der Waals surface area (Å²) < 4.78 is 0. The molecule has 0 amide bonds. The fraction of sp³-hybridized carbons (Fsp3) is 0.562. The van der Waals surface area contributed by atoms with Crippen LogP contribution in [-0.2, 0) is 0 Å². The molecule has 1 heterocycles. The number of benzene rings is 1. The maximum atomic E-state index is 6.16. The summed E-state index contributed by atoms with van der Waals surface area (Å²) in [6.07, 6.45) is 4.86. The van der Waals surface area contributed by atoms with Crippen molar-refractivity contribution in [1.29, 1.82) is 0 Å². The summed E-state index contributed by atoms with van der Waals surface area (Å²) in [6.45, 7) is 5.58. The van der Waals surface area contributed by atoms with Crippen molar-refractivity contribution in [2.45, 2.75) is 45.1 Å². The van der Waals surface area contributed by atoms with E-state index in [9.17, 15) is 0 Å². The first-order valence-electron chi connectivity index (χ1n) is 7.18. The van der Waals surface area contributed by atoms with E-state index < -0.39 is 0 Å². The van der Waals surface area contributed by atoms with Gasteiger partial charge in [-0.1, -0.05) is 32.0 Å². The van der Waals surface area contributed by atoms with Crippen LogP contribution in [0.2, 0.25) is 0 Å². The van der Waals surface area contributed by atoms with Crippen LogP contribution in [0.3, 0.4) is 0 Å². The molecule has 1 aromatic carbocycles. The van der Waals surface area contributed by atoms with E-state index in [1.54, 1.807) is 0 Å². The molecule has 3 nitrogen and oxygen atoms in total. The molecule has 0 aromatic heterocycles. The lowest BCUT2D eigenvalue weighted by Gasteiger charge is -2.46. The molecule has 1 aliphatic carbocycles. The minimum absolute atomic E-state index is 0.126. The summed E-state index contributed by atoms with van der Waals surface area (Å²) >= 11 is 0. The zero-order chi connectivity index (χ0) is 13.5. The number of aliphatic imine (C=N–C) groups is 1. The van der Waals surface area contributed by atoms with Crippen LogP contribution in [0.25, 0.3) is 0 Å². The number of hydrogen-bond donors (Lipinski definition) is 1. The van der Waals surface area contributed by atoms with E-state index in [2.05, 4.69) is 48.0 Å². The third-order valence-electron chi connectivity index (χ3n) is 4.79. The largest absolute Gasteiger partial charge is 0.369 e.